The predicted molar refractivity (Wildman–Crippen MR) is 154 cm³/mol. The lowest BCUT2D eigenvalue weighted by Gasteiger charge is -2.38. The maximum Gasteiger partial charge on any atom is 0.271 e. The van der Waals surface area contributed by atoms with Crippen LogP contribution in [0.15, 0.2) is 24.8 Å². The van der Waals surface area contributed by atoms with Gasteiger partial charge < -0.3 is 20.1 Å². The minimum atomic E-state index is -0.276. The number of H-pyrrole nitrogens is 1. The summed E-state index contributed by atoms with van der Waals surface area (Å²) in [6.07, 6.45) is 5.90. The van der Waals surface area contributed by atoms with Crippen molar-refractivity contribution in [3.8, 4) is 0 Å². The van der Waals surface area contributed by atoms with Gasteiger partial charge in [0.2, 0.25) is 5.91 Å². The number of imidazole rings is 1. The molecular weight excluding hydrogens is 537 g/mol. The summed E-state index contributed by atoms with van der Waals surface area (Å²) in [5.41, 5.74) is 2.12. The van der Waals surface area contributed by atoms with Crippen LogP contribution in [0.25, 0.3) is 10.9 Å². The van der Waals surface area contributed by atoms with Crippen LogP contribution in [0.3, 0.4) is 0 Å². The number of fused-ring (bicyclic) bond motifs is 1. The number of likely N-dealkylation sites (tertiary alicyclic amines) is 1. The van der Waals surface area contributed by atoms with Gasteiger partial charge in [-0.2, -0.15) is 5.10 Å². The highest BCUT2D eigenvalue weighted by Crippen LogP contribution is 2.35. The van der Waals surface area contributed by atoms with E-state index in [1.165, 1.54) is 18.9 Å². The average molecular weight is 573 g/mol. The molecule has 1 saturated heterocycles. The summed E-state index contributed by atoms with van der Waals surface area (Å²) in [4.78, 5) is 31.4. The third kappa shape index (κ3) is 5.65. The molecule has 11 heteroatoms. The highest BCUT2D eigenvalue weighted by atomic mass is 35.5. The van der Waals surface area contributed by atoms with Gasteiger partial charge in [-0.25, -0.2) is 4.98 Å². The Morgan fingerprint density at radius 2 is 1.92 bits per heavy atom. The number of hydrogen-bond acceptors (Lipinski definition) is 5. The molecule has 3 aromatic rings. The van der Waals surface area contributed by atoms with Gasteiger partial charge >= 0.3 is 0 Å². The summed E-state index contributed by atoms with van der Waals surface area (Å²) in [5.74, 6) is 1.41. The van der Waals surface area contributed by atoms with Crippen molar-refractivity contribution in [3.63, 3.8) is 0 Å². The molecule has 9 nitrogen and oxygen atoms in total. The molecule has 5 rings (SSSR count). The van der Waals surface area contributed by atoms with Gasteiger partial charge in [0.1, 0.15) is 11.5 Å². The highest BCUT2D eigenvalue weighted by Gasteiger charge is 2.33. The van der Waals surface area contributed by atoms with Gasteiger partial charge in [-0.3, -0.25) is 14.7 Å². The lowest BCUT2D eigenvalue weighted by Crippen LogP contribution is -2.60. The zero-order chi connectivity index (χ0) is 27.9. The van der Waals surface area contributed by atoms with Crippen LogP contribution in [0.2, 0.25) is 10.2 Å². The van der Waals surface area contributed by atoms with Gasteiger partial charge in [0, 0.05) is 30.0 Å². The van der Waals surface area contributed by atoms with E-state index in [9.17, 15) is 9.59 Å². The van der Waals surface area contributed by atoms with Gasteiger partial charge in [-0.15, -0.1) is 0 Å². The number of carbonyl (C=O) groups excluding carboxylic acids is 2. The summed E-state index contributed by atoms with van der Waals surface area (Å²) in [6, 6.07) is 3.84. The van der Waals surface area contributed by atoms with E-state index in [1.54, 1.807) is 4.90 Å². The first kappa shape index (κ1) is 27.5. The van der Waals surface area contributed by atoms with Gasteiger partial charge in [0.25, 0.3) is 5.91 Å². The van der Waals surface area contributed by atoms with Crippen molar-refractivity contribution in [3.05, 3.63) is 52.0 Å². The molecule has 208 valence electrons. The Balaban J connectivity index is 1.38. The van der Waals surface area contributed by atoms with E-state index < -0.39 is 0 Å². The fraction of sp³-hybridized carbons (Fsp3) is 0.500. The molecule has 2 aromatic heterocycles. The predicted octanol–water partition coefficient (Wildman–Crippen LogP) is 5.29. The molecule has 0 spiro atoms. The SMILES string of the molecule is C=CC(=O)N1CC(NC(=O)c2c(Cl)nc(CNc3n[nH]c4cc(Cl)c(C(C)(C)C)cc34)n2CC2CCCC2)C1. The third-order valence-electron chi connectivity index (χ3n) is 7.71. The second-order valence-electron chi connectivity index (χ2n) is 11.6. The molecule has 3 N–H and O–H groups in total. The maximum absolute atomic E-state index is 13.4. The van der Waals surface area contributed by atoms with Crippen LogP contribution in [0.1, 0.15) is 68.3 Å². The van der Waals surface area contributed by atoms with E-state index in [0.29, 0.717) is 54.5 Å². The van der Waals surface area contributed by atoms with Crippen molar-refractivity contribution < 1.29 is 9.59 Å². The van der Waals surface area contributed by atoms with Gasteiger partial charge in [-0.05, 0) is 47.9 Å². The van der Waals surface area contributed by atoms with Crippen LogP contribution in [-0.4, -0.2) is 55.6 Å². The van der Waals surface area contributed by atoms with Crippen molar-refractivity contribution >= 4 is 51.7 Å². The van der Waals surface area contributed by atoms with E-state index in [0.717, 1.165) is 29.3 Å². The fourth-order valence-electron chi connectivity index (χ4n) is 5.51. The molecule has 39 heavy (non-hydrogen) atoms. The van der Waals surface area contributed by atoms with Crippen LogP contribution in [-0.2, 0) is 23.3 Å². The van der Waals surface area contributed by atoms with Crippen LogP contribution >= 0.6 is 23.2 Å². The number of carbonyl (C=O) groups is 2. The number of nitrogens with one attached hydrogen (secondary N) is 3. The summed E-state index contributed by atoms with van der Waals surface area (Å²) in [6.45, 7) is 11.8. The lowest BCUT2D eigenvalue weighted by atomic mass is 9.86. The Morgan fingerprint density at radius 3 is 2.59 bits per heavy atom. The van der Waals surface area contributed by atoms with Crippen molar-refractivity contribution in [1.82, 2.24) is 30.0 Å². The summed E-state index contributed by atoms with van der Waals surface area (Å²) < 4.78 is 1.96. The Hall–Kier alpha value is -3.04. The third-order valence-corrected chi connectivity index (χ3v) is 8.29. The molecule has 1 saturated carbocycles. The van der Waals surface area contributed by atoms with Crippen LogP contribution in [0.5, 0.6) is 0 Å². The van der Waals surface area contributed by atoms with E-state index in [4.69, 9.17) is 23.2 Å². The standard InChI is InChI=1S/C28H35Cl2N7O2/c1-5-23(38)36-14-17(15-36)32-27(39)24-25(30)33-22(37(24)13-16-8-6-7-9-16)12-31-26-18-10-19(28(2,3)4)20(29)11-21(18)34-35-26/h5,10-11,16-17H,1,6-9,12-15H2,2-4H3,(H,32,39)(H2,31,34,35). The van der Waals surface area contributed by atoms with E-state index in [1.807, 2.05) is 10.6 Å². The first-order valence-electron chi connectivity index (χ1n) is 13.4. The largest absolute Gasteiger partial charge is 0.361 e. The number of amides is 2. The monoisotopic (exact) mass is 571 g/mol. The van der Waals surface area contributed by atoms with E-state index in [-0.39, 0.29) is 28.4 Å². The summed E-state index contributed by atoms with van der Waals surface area (Å²) in [7, 11) is 0. The molecule has 1 aromatic carbocycles. The minimum absolute atomic E-state index is 0.121. The number of aromatic nitrogens is 4. The zero-order valence-corrected chi connectivity index (χ0v) is 24.1. The Labute approximate surface area is 238 Å². The van der Waals surface area contributed by atoms with Gasteiger partial charge in [0.05, 0.1) is 18.1 Å². The average Bonchev–Trinajstić information content (AvgIpc) is 3.57. The van der Waals surface area contributed by atoms with Crippen molar-refractivity contribution in [2.45, 2.75) is 71.0 Å². The van der Waals surface area contributed by atoms with Crippen molar-refractivity contribution in [2.75, 3.05) is 18.4 Å². The van der Waals surface area contributed by atoms with Crippen LogP contribution < -0.4 is 10.6 Å². The first-order chi connectivity index (χ1) is 18.5. The Kier molecular flexibility index (Phi) is 7.66. The Bertz CT molecular complexity index is 1410. The summed E-state index contributed by atoms with van der Waals surface area (Å²) >= 11 is 13.1. The van der Waals surface area contributed by atoms with Crippen LogP contribution in [0, 0.1) is 5.92 Å². The molecule has 0 bridgehead atoms. The second kappa shape index (κ2) is 10.8. The van der Waals surface area contributed by atoms with Crippen molar-refractivity contribution in [2.24, 2.45) is 5.92 Å². The molecule has 1 aliphatic carbocycles. The normalized spacial score (nSPS) is 16.5. The lowest BCUT2D eigenvalue weighted by molar-refractivity contribution is -0.130. The topological polar surface area (TPSA) is 108 Å². The molecule has 2 amide bonds. The van der Waals surface area contributed by atoms with Crippen LogP contribution in [0.4, 0.5) is 5.82 Å². The number of aromatic amines is 1. The second-order valence-corrected chi connectivity index (χ2v) is 12.4. The quantitative estimate of drug-likeness (QED) is 0.318. The number of hydrogen-bond donors (Lipinski definition) is 3. The van der Waals surface area contributed by atoms with Gasteiger partial charge in [0.15, 0.2) is 11.0 Å². The van der Waals surface area contributed by atoms with Gasteiger partial charge in [-0.1, -0.05) is 63.4 Å². The first-order valence-corrected chi connectivity index (χ1v) is 14.2. The maximum atomic E-state index is 13.4. The number of benzene rings is 1. The summed E-state index contributed by atoms with van der Waals surface area (Å²) in [5, 5.41) is 15.8. The molecule has 2 fully saturated rings. The zero-order valence-electron chi connectivity index (χ0n) is 22.6. The molecule has 2 aliphatic rings. The molecule has 0 atom stereocenters. The van der Waals surface area contributed by atoms with E-state index in [2.05, 4.69) is 59.2 Å². The molecular formula is C28H35Cl2N7O2. The minimum Gasteiger partial charge on any atom is -0.361 e. The van der Waals surface area contributed by atoms with E-state index >= 15 is 0 Å². The molecule has 1 aliphatic heterocycles. The Morgan fingerprint density at radius 1 is 1.21 bits per heavy atom. The number of anilines is 1. The number of rotatable bonds is 8. The fourth-order valence-corrected chi connectivity index (χ4v) is 6.24. The van der Waals surface area contributed by atoms with Crippen molar-refractivity contribution in [1.29, 1.82) is 0 Å². The highest BCUT2D eigenvalue weighted by molar-refractivity contribution is 6.32. The smallest absolute Gasteiger partial charge is 0.271 e. The molecule has 3 heterocycles. The molecule has 0 radical (unpaired) electrons. The number of nitrogens with zero attached hydrogens (tertiary/aromatic N) is 4. The molecule has 0 unspecified atom stereocenters. The number of halogens is 2.